The molecule has 0 aliphatic carbocycles. The molecular formula is C13H12N4. The van der Waals surface area contributed by atoms with Crippen LogP contribution < -0.4 is 5.73 Å². The SMILES string of the molecule is NCc1cccc2cnc(-c3cccnc3)n12. The summed E-state index contributed by atoms with van der Waals surface area (Å²) in [5.41, 5.74) is 8.84. The fraction of sp³-hybridized carbons (Fsp3) is 0.0769. The lowest BCUT2D eigenvalue weighted by Gasteiger charge is -2.06. The maximum Gasteiger partial charge on any atom is 0.146 e. The van der Waals surface area contributed by atoms with E-state index in [4.69, 9.17) is 5.73 Å². The Labute approximate surface area is 98.8 Å². The zero-order valence-electron chi connectivity index (χ0n) is 9.24. The highest BCUT2D eigenvalue weighted by molar-refractivity contribution is 5.62. The van der Waals surface area contributed by atoms with E-state index in [9.17, 15) is 0 Å². The van der Waals surface area contributed by atoms with E-state index >= 15 is 0 Å². The molecule has 0 aliphatic rings. The average molecular weight is 224 g/mol. The van der Waals surface area contributed by atoms with Gasteiger partial charge in [0.25, 0.3) is 0 Å². The second kappa shape index (κ2) is 3.99. The monoisotopic (exact) mass is 224 g/mol. The lowest BCUT2D eigenvalue weighted by Crippen LogP contribution is -2.04. The summed E-state index contributed by atoms with van der Waals surface area (Å²) in [4.78, 5) is 8.56. The van der Waals surface area contributed by atoms with Crippen molar-refractivity contribution in [3.8, 4) is 11.4 Å². The van der Waals surface area contributed by atoms with E-state index in [1.807, 2.05) is 42.7 Å². The molecule has 2 N–H and O–H groups in total. The molecule has 4 heteroatoms. The second-order valence-electron chi connectivity index (χ2n) is 3.81. The molecule has 3 aromatic heterocycles. The molecule has 0 aliphatic heterocycles. The molecule has 0 atom stereocenters. The zero-order valence-corrected chi connectivity index (χ0v) is 9.24. The number of rotatable bonds is 2. The van der Waals surface area contributed by atoms with Crippen molar-refractivity contribution in [1.29, 1.82) is 0 Å². The highest BCUT2D eigenvalue weighted by Crippen LogP contribution is 2.20. The summed E-state index contributed by atoms with van der Waals surface area (Å²) in [6, 6.07) is 9.92. The number of hydrogen-bond acceptors (Lipinski definition) is 3. The van der Waals surface area contributed by atoms with Crippen molar-refractivity contribution in [2.45, 2.75) is 6.54 Å². The highest BCUT2D eigenvalue weighted by atomic mass is 15.0. The third kappa shape index (κ3) is 1.59. The summed E-state index contributed by atoms with van der Waals surface area (Å²) in [6.45, 7) is 0.487. The third-order valence-corrected chi connectivity index (χ3v) is 2.76. The van der Waals surface area contributed by atoms with E-state index in [-0.39, 0.29) is 0 Å². The number of nitrogens with zero attached hydrogens (tertiary/aromatic N) is 3. The van der Waals surface area contributed by atoms with E-state index in [0.29, 0.717) is 6.54 Å². The van der Waals surface area contributed by atoms with Crippen LogP contribution in [-0.2, 0) is 6.54 Å². The molecular weight excluding hydrogens is 212 g/mol. The molecule has 4 nitrogen and oxygen atoms in total. The van der Waals surface area contributed by atoms with Gasteiger partial charge >= 0.3 is 0 Å². The van der Waals surface area contributed by atoms with Gasteiger partial charge in [0, 0.05) is 30.2 Å². The summed E-state index contributed by atoms with van der Waals surface area (Å²) >= 11 is 0. The van der Waals surface area contributed by atoms with Gasteiger partial charge < -0.3 is 5.73 Å². The van der Waals surface area contributed by atoms with Crippen molar-refractivity contribution in [3.05, 3.63) is 54.6 Å². The predicted molar refractivity (Wildman–Crippen MR) is 66.3 cm³/mol. The molecule has 3 heterocycles. The van der Waals surface area contributed by atoms with Crippen LogP contribution in [0.5, 0.6) is 0 Å². The first-order chi connectivity index (χ1) is 8.40. The van der Waals surface area contributed by atoms with Crippen molar-refractivity contribution < 1.29 is 0 Å². The Balaban J connectivity index is 2.31. The lowest BCUT2D eigenvalue weighted by atomic mass is 10.2. The van der Waals surface area contributed by atoms with Crippen LogP contribution in [0.25, 0.3) is 16.9 Å². The van der Waals surface area contributed by atoms with Gasteiger partial charge in [-0.3, -0.25) is 9.38 Å². The van der Waals surface area contributed by atoms with E-state index in [2.05, 4.69) is 14.4 Å². The Morgan fingerprint density at radius 3 is 2.82 bits per heavy atom. The van der Waals surface area contributed by atoms with Crippen molar-refractivity contribution in [2.75, 3.05) is 0 Å². The fourth-order valence-electron chi connectivity index (χ4n) is 1.97. The van der Waals surface area contributed by atoms with Gasteiger partial charge in [0.2, 0.25) is 0 Å². The Morgan fingerprint density at radius 1 is 1.12 bits per heavy atom. The van der Waals surface area contributed by atoms with Gasteiger partial charge in [-0.05, 0) is 24.3 Å². The van der Waals surface area contributed by atoms with Gasteiger partial charge in [-0.1, -0.05) is 6.07 Å². The Hall–Kier alpha value is -2.20. The van der Waals surface area contributed by atoms with Crippen LogP contribution >= 0.6 is 0 Å². The van der Waals surface area contributed by atoms with E-state index < -0.39 is 0 Å². The Bertz CT molecular complexity index is 643. The molecule has 3 aromatic rings. The summed E-state index contributed by atoms with van der Waals surface area (Å²) in [5.74, 6) is 0.883. The summed E-state index contributed by atoms with van der Waals surface area (Å²) < 4.78 is 2.07. The summed E-state index contributed by atoms with van der Waals surface area (Å²) in [7, 11) is 0. The van der Waals surface area contributed by atoms with Gasteiger partial charge in [0.05, 0.1) is 11.7 Å². The van der Waals surface area contributed by atoms with Gasteiger partial charge in [-0.25, -0.2) is 4.98 Å². The molecule has 84 valence electrons. The Kier molecular flexibility index (Phi) is 2.34. The summed E-state index contributed by atoms with van der Waals surface area (Å²) in [6.07, 6.45) is 5.41. The van der Waals surface area contributed by atoms with Crippen LogP contribution in [0.15, 0.2) is 48.9 Å². The molecule has 0 aromatic carbocycles. The van der Waals surface area contributed by atoms with Crippen LogP contribution in [0.2, 0.25) is 0 Å². The van der Waals surface area contributed by atoms with Crippen LogP contribution in [0.3, 0.4) is 0 Å². The first-order valence-electron chi connectivity index (χ1n) is 5.46. The molecule has 0 fully saturated rings. The van der Waals surface area contributed by atoms with Crippen molar-refractivity contribution in [2.24, 2.45) is 5.73 Å². The molecule has 17 heavy (non-hydrogen) atoms. The maximum atomic E-state index is 5.76. The van der Waals surface area contributed by atoms with Crippen LogP contribution in [0.4, 0.5) is 0 Å². The van der Waals surface area contributed by atoms with Crippen molar-refractivity contribution >= 4 is 5.52 Å². The molecule has 0 bridgehead atoms. The zero-order chi connectivity index (χ0) is 11.7. The van der Waals surface area contributed by atoms with E-state index in [1.54, 1.807) is 6.20 Å². The molecule has 0 radical (unpaired) electrons. The minimum Gasteiger partial charge on any atom is -0.325 e. The number of nitrogens with two attached hydrogens (primary N) is 1. The molecule has 3 rings (SSSR count). The third-order valence-electron chi connectivity index (χ3n) is 2.76. The number of aromatic nitrogens is 3. The number of fused-ring (bicyclic) bond motifs is 1. The lowest BCUT2D eigenvalue weighted by molar-refractivity contribution is 0.945. The van der Waals surface area contributed by atoms with Gasteiger partial charge in [0.15, 0.2) is 0 Å². The molecule has 0 spiro atoms. The topological polar surface area (TPSA) is 56.2 Å². The average Bonchev–Trinajstić information content (AvgIpc) is 2.83. The molecule has 0 unspecified atom stereocenters. The standard InChI is InChI=1S/C13H12N4/c14-7-11-4-1-5-12-9-16-13(17(11)12)10-3-2-6-15-8-10/h1-6,8-9H,7,14H2. The largest absolute Gasteiger partial charge is 0.325 e. The molecule has 0 amide bonds. The van der Waals surface area contributed by atoms with Crippen LogP contribution in [-0.4, -0.2) is 14.4 Å². The highest BCUT2D eigenvalue weighted by Gasteiger charge is 2.08. The predicted octanol–water partition coefficient (Wildman–Crippen LogP) is 1.85. The number of hydrogen-bond donors (Lipinski definition) is 1. The van der Waals surface area contributed by atoms with Gasteiger partial charge in [-0.2, -0.15) is 0 Å². The normalized spacial score (nSPS) is 10.9. The molecule has 0 saturated heterocycles. The second-order valence-corrected chi connectivity index (χ2v) is 3.81. The summed E-state index contributed by atoms with van der Waals surface area (Å²) in [5, 5.41) is 0. The number of pyridine rings is 2. The van der Waals surface area contributed by atoms with Crippen LogP contribution in [0, 0.1) is 0 Å². The molecule has 0 saturated carbocycles. The van der Waals surface area contributed by atoms with Crippen molar-refractivity contribution in [3.63, 3.8) is 0 Å². The van der Waals surface area contributed by atoms with Gasteiger partial charge in [0.1, 0.15) is 5.82 Å². The number of imidazole rings is 1. The maximum absolute atomic E-state index is 5.76. The fourth-order valence-corrected chi connectivity index (χ4v) is 1.97. The van der Waals surface area contributed by atoms with Gasteiger partial charge in [-0.15, -0.1) is 0 Å². The van der Waals surface area contributed by atoms with E-state index in [1.165, 1.54) is 0 Å². The quantitative estimate of drug-likeness (QED) is 0.722. The smallest absolute Gasteiger partial charge is 0.146 e. The van der Waals surface area contributed by atoms with Crippen molar-refractivity contribution in [1.82, 2.24) is 14.4 Å². The minimum atomic E-state index is 0.487. The van der Waals surface area contributed by atoms with Crippen LogP contribution in [0.1, 0.15) is 5.69 Å². The van der Waals surface area contributed by atoms with E-state index in [0.717, 1.165) is 22.6 Å². The first-order valence-corrected chi connectivity index (χ1v) is 5.46. The Morgan fingerprint density at radius 2 is 2.06 bits per heavy atom. The first kappa shape index (κ1) is 9.99. The minimum absolute atomic E-state index is 0.487.